The maximum atomic E-state index is 12.9. The number of carbonyl (C=O) groups excluding carboxylic acids is 1. The van der Waals surface area contributed by atoms with Crippen LogP contribution in [0, 0.1) is 11.3 Å². The fourth-order valence-corrected chi connectivity index (χ4v) is 5.36. The molecule has 0 bridgehead atoms. The molecule has 7 nitrogen and oxygen atoms in total. The number of aliphatic hydroxyl groups excluding tert-OH is 1. The number of rotatable bonds is 4. The fraction of sp³-hybridized carbons (Fsp3) is 0.429. The maximum Gasteiger partial charge on any atom is 0.339 e. The second-order valence-electron chi connectivity index (χ2n) is 4.84. The average Bonchev–Trinajstić information content (AvgIpc) is 2.60. The largest absolute Gasteiger partial charge is 0.465 e. The van der Waals surface area contributed by atoms with E-state index in [2.05, 4.69) is 4.74 Å². The molecule has 1 heterocycles. The first kappa shape index (κ1) is 17.7. The standard InChI is InChI=1S/C14H16N2O5S2/c1-21-14(18)12-6-10(7-15)2-3-13(12)23(19,20)16-4-5-22-9-11(16)8-17/h2-3,6,11,17H,4-5,8-9H2,1H3. The lowest BCUT2D eigenvalue weighted by Crippen LogP contribution is -2.48. The number of aliphatic hydroxyl groups is 1. The van der Waals surface area contributed by atoms with Crippen molar-refractivity contribution >= 4 is 27.8 Å². The summed E-state index contributed by atoms with van der Waals surface area (Å²) in [7, 11) is -2.84. The fourth-order valence-electron chi connectivity index (χ4n) is 2.32. The first-order valence-corrected chi connectivity index (χ1v) is 9.38. The van der Waals surface area contributed by atoms with Crippen LogP contribution < -0.4 is 0 Å². The van der Waals surface area contributed by atoms with E-state index >= 15 is 0 Å². The number of ether oxygens (including phenoxy) is 1. The van der Waals surface area contributed by atoms with Gasteiger partial charge in [-0.1, -0.05) is 0 Å². The molecule has 1 N–H and O–H groups in total. The molecule has 1 fully saturated rings. The predicted octanol–water partition coefficient (Wildman–Crippen LogP) is 0.443. The van der Waals surface area contributed by atoms with Crippen molar-refractivity contribution in [1.29, 1.82) is 5.26 Å². The average molecular weight is 356 g/mol. The number of nitrogens with zero attached hydrogens (tertiary/aromatic N) is 2. The van der Waals surface area contributed by atoms with Crippen LogP contribution >= 0.6 is 11.8 Å². The Kier molecular flexibility index (Phi) is 5.64. The lowest BCUT2D eigenvalue weighted by molar-refractivity contribution is 0.0596. The third kappa shape index (κ3) is 3.50. The van der Waals surface area contributed by atoms with Gasteiger partial charge in [0.25, 0.3) is 0 Å². The van der Waals surface area contributed by atoms with Gasteiger partial charge in [0, 0.05) is 18.1 Å². The molecule has 124 valence electrons. The quantitative estimate of drug-likeness (QED) is 0.780. The van der Waals surface area contributed by atoms with E-state index in [4.69, 9.17) is 5.26 Å². The first-order chi connectivity index (χ1) is 11.0. The van der Waals surface area contributed by atoms with Crippen molar-refractivity contribution in [3.05, 3.63) is 29.3 Å². The number of hydrogen-bond donors (Lipinski definition) is 1. The number of thioether (sulfide) groups is 1. The monoisotopic (exact) mass is 356 g/mol. The molecule has 1 aromatic carbocycles. The van der Waals surface area contributed by atoms with Crippen molar-refractivity contribution in [3.63, 3.8) is 0 Å². The van der Waals surface area contributed by atoms with Gasteiger partial charge in [-0.2, -0.15) is 21.3 Å². The highest BCUT2D eigenvalue weighted by atomic mass is 32.2. The molecule has 2 rings (SSSR count). The third-order valence-corrected chi connectivity index (χ3v) is 6.59. The Balaban J connectivity index is 2.55. The molecule has 1 saturated heterocycles. The highest BCUT2D eigenvalue weighted by Gasteiger charge is 2.36. The van der Waals surface area contributed by atoms with Gasteiger partial charge < -0.3 is 9.84 Å². The van der Waals surface area contributed by atoms with Gasteiger partial charge in [-0.3, -0.25) is 0 Å². The van der Waals surface area contributed by atoms with Crippen molar-refractivity contribution in [3.8, 4) is 6.07 Å². The molecule has 0 aliphatic carbocycles. The Bertz CT molecular complexity index is 742. The molecule has 0 spiro atoms. The Morgan fingerprint density at radius 3 is 2.91 bits per heavy atom. The summed E-state index contributed by atoms with van der Waals surface area (Å²) in [4.78, 5) is 11.7. The minimum atomic E-state index is -3.98. The lowest BCUT2D eigenvalue weighted by atomic mass is 10.1. The zero-order chi connectivity index (χ0) is 17.0. The molecule has 1 aromatic rings. The van der Waals surface area contributed by atoms with E-state index in [1.54, 1.807) is 11.8 Å². The number of esters is 1. The molecule has 9 heteroatoms. The third-order valence-electron chi connectivity index (χ3n) is 3.48. The molecule has 1 atom stereocenters. The van der Waals surface area contributed by atoms with Gasteiger partial charge in [-0.25, -0.2) is 13.2 Å². The highest BCUT2D eigenvalue weighted by molar-refractivity contribution is 7.99. The molecule has 0 aromatic heterocycles. The Morgan fingerprint density at radius 1 is 1.57 bits per heavy atom. The smallest absolute Gasteiger partial charge is 0.339 e. The summed E-state index contributed by atoms with van der Waals surface area (Å²) in [5.41, 5.74) is -0.0151. The molecule has 0 amide bonds. The first-order valence-electron chi connectivity index (χ1n) is 6.78. The van der Waals surface area contributed by atoms with E-state index in [0.717, 1.165) is 7.11 Å². The van der Waals surface area contributed by atoms with Gasteiger partial charge in [-0.15, -0.1) is 0 Å². The van der Waals surface area contributed by atoms with Crippen LogP contribution in [-0.2, 0) is 14.8 Å². The van der Waals surface area contributed by atoms with Crippen molar-refractivity contribution in [1.82, 2.24) is 4.31 Å². The van der Waals surface area contributed by atoms with Crippen LogP contribution in [0.1, 0.15) is 15.9 Å². The van der Waals surface area contributed by atoms with E-state index in [9.17, 15) is 18.3 Å². The van der Waals surface area contributed by atoms with Crippen LogP contribution in [0.2, 0.25) is 0 Å². The van der Waals surface area contributed by atoms with Crippen molar-refractivity contribution < 1.29 is 23.1 Å². The highest BCUT2D eigenvalue weighted by Crippen LogP contribution is 2.27. The second-order valence-corrected chi connectivity index (χ2v) is 7.85. The van der Waals surface area contributed by atoms with Crippen molar-refractivity contribution in [2.45, 2.75) is 10.9 Å². The number of methoxy groups -OCH3 is 1. The minimum absolute atomic E-state index is 0.164. The molecule has 0 saturated carbocycles. The zero-order valence-electron chi connectivity index (χ0n) is 12.4. The molecule has 1 aliphatic rings. The van der Waals surface area contributed by atoms with Crippen molar-refractivity contribution in [2.75, 3.05) is 31.8 Å². The van der Waals surface area contributed by atoms with Gasteiger partial charge in [0.2, 0.25) is 10.0 Å². The Labute approximate surface area is 138 Å². The van der Waals surface area contributed by atoms with E-state index in [1.165, 1.54) is 22.5 Å². The topological polar surface area (TPSA) is 108 Å². The normalized spacial score (nSPS) is 19.1. The zero-order valence-corrected chi connectivity index (χ0v) is 14.1. The molecule has 23 heavy (non-hydrogen) atoms. The molecule has 1 aliphatic heterocycles. The van der Waals surface area contributed by atoms with Gasteiger partial charge in [0.15, 0.2) is 0 Å². The van der Waals surface area contributed by atoms with Crippen molar-refractivity contribution in [2.24, 2.45) is 0 Å². The van der Waals surface area contributed by atoms with Crippen LogP contribution in [0.15, 0.2) is 23.1 Å². The van der Waals surface area contributed by atoms with Crippen LogP contribution in [0.5, 0.6) is 0 Å². The second kappa shape index (κ2) is 7.31. The van der Waals surface area contributed by atoms with Gasteiger partial charge in [0.05, 0.1) is 41.9 Å². The molecular weight excluding hydrogens is 340 g/mol. The van der Waals surface area contributed by atoms with Crippen LogP contribution in [0.3, 0.4) is 0 Å². The summed E-state index contributed by atoms with van der Waals surface area (Å²) in [5.74, 6) is 0.270. The molecule has 0 radical (unpaired) electrons. The minimum Gasteiger partial charge on any atom is -0.465 e. The number of benzene rings is 1. The molecular formula is C14H16N2O5S2. The van der Waals surface area contributed by atoms with E-state index < -0.39 is 22.0 Å². The number of sulfonamides is 1. The number of carbonyl (C=O) groups is 1. The van der Waals surface area contributed by atoms with Crippen LogP contribution in [-0.4, -0.2) is 61.6 Å². The van der Waals surface area contributed by atoms with Gasteiger partial charge in [0.1, 0.15) is 0 Å². The summed E-state index contributed by atoms with van der Waals surface area (Å²) < 4.78 is 31.7. The van der Waals surface area contributed by atoms with Gasteiger partial charge in [-0.05, 0) is 18.2 Å². The molecule has 1 unspecified atom stereocenters. The van der Waals surface area contributed by atoms with E-state index in [-0.39, 0.29) is 29.2 Å². The maximum absolute atomic E-state index is 12.9. The van der Waals surface area contributed by atoms with Gasteiger partial charge >= 0.3 is 5.97 Å². The SMILES string of the molecule is COC(=O)c1cc(C#N)ccc1S(=O)(=O)N1CCSCC1CO. The van der Waals surface area contributed by atoms with Crippen LogP contribution in [0.25, 0.3) is 0 Å². The Hall–Kier alpha value is -1.60. The van der Waals surface area contributed by atoms with E-state index in [1.807, 2.05) is 6.07 Å². The number of nitriles is 1. The number of hydrogen-bond acceptors (Lipinski definition) is 7. The summed E-state index contributed by atoms with van der Waals surface area (Å²) in [6, 6.07) is 5.09. The Morgan fingerprint density at radius 2 is 2.30 bits per heavy atom. The summed E-state index contributed by atoms with van der Waals surface area (Å²) in [6.07, 6.45) is 0. The van der Waals surface area contributed by atoms with Crippen LogP contribution in [0.4, 0.5) is 0 Å². The summed E-state index contributed by atoms with van der Waals surface area (Å²) in [5, 5.41) is 18.4. The summed E-state index contributed by atoms with van der Waals surface area (Å²) >= 11 is 1.56. The lowest BCUT2D eigenvalue weighted by Gasteiger charge is -2.33. The van der Waals surface area contributed by atoms with E-state index in [0.29, 0.717) is 11.5 Å². The predicted molar refractivity (Wildman–Crippen MR) is 84.6 cm³/mol. The summed E-state index contributed by atoms with van der Waals surface area (Å²) in [6.45, 7) is -0.0467.